The van der Waals surface area contributed by atoms with Gasteiger partial charge in [-0.05, 0) is 31.4 Å². The Balaban J connectivity index is 1.57. The molecule has 0 unspecified atom stereocenters. The molecule has 0 atom stereocenters. The smallest absolute Gasteiger partial charge is 0.320 e. The Labute approximate surface area is 126 Å². The largest absolute Gasteiger partial charge is 0.397 e. The van der Waals surface area contributed by atoms with Crippen molar-refractivity contribution < 1.29 is 4.79 Å². The summed E-state index contributed by atoms with van der Waals surface area (Å²) in [6.07, 6.45) is 3.54. The number of rotatable bonds is 1. The van der Waals surface area contributed by atoms with Gasteiger partial charge in [-0.3, -0.25) is 0 Å². The highest BCUT2D eigenvalue weighted by Gasteiger charge is 2.26. The van der Waals surface area contributed by atoms with E-state index in [4.69, 9.17) is 5.73 Å². The van der Waals surface area contributed by atoms with Gasteiger partial charge in [0.15, 0.2) is 0 Å². The number of para-hydroxylation sites is 2. The molecule has 1 aromatic carbocycles. The van der Waals surface area contributed by atoms with Crippen LogP contribution in [0.4, 0.5) is 16.2 Å². The van der Waals surface area contributed by atoms with E-state index in [0.29, 0.717) is 0 Å². The standard InChI is InChI=1S/C16H24N4O/c17-14-6-2-3-7-15(14)18-10-12-20(13-11-18)16(21)19-8-4-1-5-9-19/h2-3,6-7H,1,4-5,8-13,17H2. The van der Waals surface area contributed by atoms with Gasteiger partial charge in [0.1, 0.15) is 0 Å². The van der Waals surface area contributed by atoms with E-state index >= 15 is 0 Å². The first kappa shape index (κ1) is 14.0. The molecular weight excluding hydrogens is 264 g/mol. The van der Waals surface area contributed by atoms with Crippen molar-refractivity contribution in [3.63, 3.8) is 0 Å². The summed E-state index contributed by atoms with van der Waals surface area (Å²) in [4.78, 5) is 18.7. The zero-order chi connectivity index (χ0) is 14.7. The molecule has 5 heteroatoms. The fourth-order valence-corrected chi connectivity index (χ4v) is 3.20. The lowest BCUT2D eigenvalue weighted by Gasteiger charge is -2.39. The second-order valence-electron chi connectivity index (χ2n) is 5.86. The number of carbonyl (C=O) groups excluding carboxylic acids is 1. The van der Waals surface area contributed by atoms with Gasteiger partial charge in [0.05, 0.1) is 11.4 Å². The highest BCUT2D eigenvalue weighted by Crippen LogP contribution is 2.24. The van der Waals surface area contributed by atoms with Gasteiger partial charge in [-0.25, -0.2) is 4.79 Å². The van der Waals surface area contributed by atoms with E-state index in [1.165, 1.54) is 6.42 Å². The van der Waals surface area contributed by atoms with Gasteiger partial charge in [0, 0.05) is 39.3 Å². The molecule has 114 valence electrons. The van der Waals surface area contributed by atoms with Crippen LogP contribution in [0, 0.1) is 0 Å². The highest BCUT2D eigenvalue weighted by atomic mass is 16.2. The van der Waals surface area contributed by atoms with Crippen LogP contribution < -0.4 is 10.6 Å². The van der Waals surface area contributed by atoms with Crippen molar-refractivity contribution in [1.82, 2.24) is 9.80 Å². The first-order valence-corrected chi connectivity index (χ1v) is 7.89. The minimum Gasteiger partial charge on any atom is -0.397 e. The number of nitrogens with zero attached hydrogens (tertiary/aromatic N) is 3. The van der Waals surface area contributed by atoms with E-state index in [-0.39, 0.29) is 6.03 Å². The Morgan fingerprint density at radius 2 is 1.48 bits per heavy atom. The Hall–Kier alpha value is -1.91. The van der Waals surface area contributed by atoms with Crippen LogP contribution in [0.1, 0.15) is 19.3 Å². The Bertz CT molecular complexity index is 491. The molecule has 0 spiro atoms. The average molecular weight is 288 g/mol. The summed E-state index contributed by atoms with van der Waals surface area (Å²) < 4.78 is 0. The number of urea groups is 1. The summed E-state index contributed by atoms with van der Waals surface area (Å²) in [5.41, 5.74) is 7.93. The number of piperidine rings is 1. The fraction of sp³-hybridized carbons (Fsp3) is 0.562. The summed E-state index contributed by atoms with van der Waals surface area (Å²) in [6, 6.07) is 8.17. The molecule has 0 bridgehead atoms. The third-order valence-electron chi connectivity index (χ3n) is 4.45. The van der Waals surface area contributed by atoms with E-state index in [0.717, 1.165) is 63.5 Å². The summed E-state index contributed by atoms with van der Waals surface area (Å²) >= 11 is 0. The van der Waals surface area contributed by atoms with Gasteiger partial charge in [0.25, 0.3) is 0 Å². The molecule has 0 saturated carbocycles. The lowest BCUT2D eigenvalue weighted by Crippen LogP contribution is -2.53. The lowest BCUT2D eigenvalue weighted by molar-refractivity contribution is 0.141. The molecule has 2 aliphatic rings. The van der Waals surface area contributed by atoms with Crippen LogP contribution in [0.5, 0.6) is 0 Å². The number of anilines is 2. The summed E-state index contributed by atoms with van der Waals surface area (Å²) in [5, 5.41) is 0. The van der Waals surface area contributed by atoms with Gasteiger partial charge in [-0.2, -0.15) is 0 Å². The maximum absolute atomic E-state index is 12.5. The van der Waals surface area contributed by atoms with Crippen molar-refractivity contribution in [3.8, 4) is 0 Å². The van der Waals surface area contributed by atoms with Crippen LogP contribution in [-0.4, -0.2) is 55.1 Å². The molecule has 5 nitrogen and oxygen atoms in total. The zero-order valence-electron chi connectivity index (χ0n) is 12.5. The molecule has 0 aliphatic carbocycles. The Morgan fingerprint density at radius 1 is 0.857 bits per heavy atom. The van der Waals surface area contributed by atoms with Crippen LogP contribution in [0.2, 0.25) is 0 Å². The summed E-state index contributed by atoms with van der Waals surface area (Å²) in [6.45, 7) is 5.12. The van der Waals surface area contributed by atoms with Gasteiger partial charge in [-0.15, -0.1) is 0 Å². The Kier molecular flexibility index (Phi) is 4.18. The van der Waals surface area contributed by atoms with Gasteiger partial charge in [0.2, 0.25) is 0 Å². The summed E-state index contributed by atoms with van der Waals surface area (Å²) in [7, 11) is 0. The van der Waals surface area contributed by atoms with Crippen molar-refractivity contribution in [3.05, 3.63) is 24.3 Å². The normalized spacial score (nSPS) is 19.7. The highest BCUT2D eigenvalue weighted by molar-refractivity contribution is 5.75. The second kappa shape index (κ2) is 6.24. The van der Waals surface area contributed by atoms with E-state index in [2.05, 4.69) is 11.0 Å². The van der Waals surface area contributed by atoms with E-state index in [9.17, 15) is 4.79 Å². The number of piperazine rings is 1. The predicted octanol–water partition coefficient (Wildman–Crippen LogP) is 2.00. The molecule has 2 N–H and O–H groups in total. The van der Waals surface area contributed by atoms with E-state index in [1.807, 2.05) is 28.0 Å². The third-order valence-corrected chi connectivity index (χ3v) is 4.45. The Morgan fingerprint density at radius 3 is 2.14 bits per heavy atom. The number of likely N-dealkylation sites (tertiary alicyclic amines) is 1. The number of hydrogen-bond donors (Lipinski definition) is 1. The number of amides is 2. The molecule has 2 fully saturated rings. The molecule has 2 aliphatic heterocycles. The van der Waals surface area contributed by atoms with Crippen molar-refractivity contribution >= 4 is 17.4 Å². The monoisotopic (exact) mass is 288 g/mol. The molecule has 2 heterocycles. The molecule has 2 amide bonds. The maximum Gasteiger partial charge on any atom is 0.320 e. The van der Waals surface area contributed by atoms with E-state index < -0.39 is 0 Å². The third kappa shape index (κ3) is 3.06. The lowest BCUT2D eigenvalue weighted by atomic mass is 10.1. The molecule has 2 saturated heterocycles. The van der Waals surface area contributed by atoms with Gasteiger partial charge < -0.3 is 20.4 Å². The zero-order valence-corrected chi connectivity index (χ0v) is 12.5. The SMILES string of the molecule is Nc1ccccc1N1CCN(C(=O)N2CCCCC2)CC1. The predicted molar refractivity (Wildman–Crippen MR) is 85.5 cm³/mol. The number of nitrogens with two attached hydrogens (primary N) is 1. The topological polar surface area (TPSA) is 52.8 Å². The minimum atomic E-state index is 0.218. The van der Waals surface area contributed by atoms with Crippen molar-refractivity contribution in [2.24, 2.45) is 0 Å². The fourth-order valence-electron chi connectivity index (χ4n) is 3.20. The molecule has 0 radical (unpaired) electrons. The molecule has 1 aromatic rings. The molecule has 3 rings (SSSR count). The first-order valence-electron chi connectivity index (χ1n) is 7.89. The molecular formula is C16H24N4O. The van der Waals surface area contributed by atoms with Crippen LogP contribution in [0.15, 0.2) is 24.3 Å². The maximum atomic E-state index is 12.5. The summed E-state index contributed by atoms with van der Waals surface area (Å²) in [5.74, 6) is 0. The van der Waals surface area contributed by atoms with Crippen molar-refractivity contribution in [1.29, 1.82) is 0 Å². The molecule has 0 aromatic heterocycles. The van der Waals surface area contributed by atoms with Crippen LogP contribution in [-0.2, 0) is 0 Å². The van der Waals surface area contributed by atoms with Crippen LogP contribution in [0.3, 0.4) is 0 Å². The quantitative estimate of drug-likeness (QED) is 0.804. The van der Waals surface area contributed by atoms with Crippen LogP contribution in [0.25, 0.3) is 0 Å². The molecule has 21 heavy (non-hydrogen) atoms. The minimum absolute atomic E-state index is 0.218. The first-order chi connectivity index (χ1) is 10.3. The van der Waals surface area contributed by atoms with Crippen molar-refractivity contribution in [2.75, 3.05) is 49.9 Å². The number of nitrogen functional groups attached to an aromatic ring is 1. The van der Waals surface area contributed by atoms with Gasteiger partial charge in [-0.1, -0.05) is 12.1 Å². The number of hydrogen-bond acceptors (Lipinski definition) is 3. The average Bonchev–Trinajstić information content (AvgIpc) is 2.56. The van der Waals surface area contributed by atoms with Crippen LogP contribution >= 0.6 is 0 Å². The van der Waals surface area contributed by atoms with Gasteiger partial charge >= 0.3 is 6.03 Å². The number of benzene rings is 1. The van der Waals surface area contributed by atoms with E-state index in [1.54, 1.807) is 0 Å². The number of carbonyl (C=O) groups is 1. The second-order valence-corrected chi connectivity index (χ2v) is 5.86. The van der Waals surface area contributed by atoms with Crippen molar-refractivity contribution in [2.45, 2.75) is 19.3 Å².